The molecule has 0 amide bonds. The molecule has 0 radical (unpaired) electrons. The minimum absolute atomic E-state index is 0.773. The minimum Gasteiger partial charge on any atom is -0.497 e. The van der Waals surface area contributed by atoms with E-state index in [1.165, 1.54) is 5.56 Å². The van der Waals surface area contributed by atoms with E-state index in [2.05, 4.69) is 41.4 Å². The molecule has 0 aliphatic rings. The number of nitrogens with zero attached hydrogens (tertiary/aromatic N) is 4. The smallest absolute Gasteiger partial charge is 0.193 e. The van der Waals surface area contributed by atoms with Gasteiger partial charge in [-0.15, -0.1) is 0 Å². The molecule has 1 aromatic heterocycles. The average Bonchev–Trinajstić information content (AvgIpc) is 3.11. The lowest BCUT2D eigenvalue weighted by Crippen LogP contribution is -2.38. The van der Waals surface area contributed by atoms with Crippen molar-refractivity contribution < 1.29 is 4.74 Å². The summed E-state index contributed by atoms with van der Waals surface area (Å²) in [5.41, 5.74) is 1.22. The van der Waals surface area contributed by atoms with E-state index in [-0.39, 0.29) is 0 Å². The third-order valence-corrected chi connectivity index (χ3v) is 3.64. The highest BCUT2D eigenvalue weighted by Crippen LogP contribution is 2.12. The molecule has 2 aromatic rings. The molecule has 0 atom stereocenters. The summed E-state index contributed by atoms with van der Waals surface area (Å²) < 4.78 is 7.13. The molecule has 1 aromatic carbocycles. The third kappa shape index (κ3) is 5.61. The zero-order chi connectivity index (χ0) is 17.2. The van der Waals surface area contributed by atoms with Gasteiger partial charge in [-0.25, -0.2) is 0 Å². The SMILES string of the molecule is CCNC(=NCCCn1cccn1)N(C)Cc1ccc(OC)cc1. The highest BCUT2D eigenvalue weighted by molar-refractivity contribution is 5.79. The Morgan fingerprint density at radius 1 is 1.33 bits per heavy atom. The Labute approximate surface area is 144 Å². The Balaban J connectivity index is 1.87. The van der Waals surface area contributed by atoms with Crippen LogP contribution in [0.3, 0.4) is 0 Å². The number of aryl methyl sites for hydroxylation is 1. The second-order valence-corrected chi connectivity index (χ2v) is 5.56. The van der Waals surface area contributed by atoms with Crippen molar-refractivity contribution in [2.75, 3.05) is 27.2 Å². The predicted molar refractivity (Wildman–Crippen MR) is 97.3 cm³/mol. The average molecular weight is 329 g/mol. The highest BCUT2D eigenvalue weighted by Gasteiger charge is 2.06. The highest BCUT2D eigenvalue weighted by atomic mass is 16.5. The number of guanidine groups is 1. The van der Waals surface area contributed by atoms with E-state index in [1.54, 1.807) is 13.3 Å². The van der Waals surface area contributed by atoms with Crippen molar-refractivity contribution in [3.05, 3.63) is 48.3 Å². The maximum absolute atomic E-state index is 5.20. The number of aromatic nitrogens is 2. The van der Waals surface area contributed by atoms with Gasteiger partial charge in [-0.3, -0.25) is 9.67 Å². The topological polar surface area (TPSA) is 54.7 Å². The number of hydrogen-bond acceptors (Lipinski definition) is 3. The summed E-state index contributed by atoms with van der Waals surface area (Å²) in [7, 11) is 3.74. The minimum atomic E-state index is 0.773. The Morgan fingerprint density at radius 2 is 2.12 bits per heavy atom. The van der Waals surface area contributed by atoms with Crippen molar-refractivity contribution in [3.8, 4) is 5.75 Å². The first-order valence-electron chi connectivity index (χ1n) is 8.32. The number of hydrogen-bond donors (Lipinski definition) is 1. The number of benzene rings is 1. The van der Waals surface area contributed by atoms with Crippen LogP contribution in [0.25, 0.3) is 0 Å². The number of methoxy groups -OCH3 is 1. The number of aliphatic imine (C=N–C) groups is 1. The van der Waals surface area contributed by atoms with Crippen LogP contribution in [0, 0.1) is 0 Å². The van der Waals surface area contributed by atoms with Gasteiger partial charge in [-0.05, 0) is 37.1 Å². The van der Waals surface area contributed by atoms with Gasteiger partial charge in [-0.2, -0.15) is 5.10 Å². The van der Waals surface area contributed by atoms with E-state index in [9.17, 15) is 0 Å². The van der Waals surface area contributed by atoms with Gasteiger partial charge in [0, 0.05) is 45.6 Å². The zero-order valence-corrected chi connectivity index (χ0v) is 14.8. The van der Waals surface area contributed by atoms with Crippen LogP contribution in [-0.2, 0) is 13.1 Å². The molecular weight excluding hydrogens is 302 g/mol. The fraction of sp³-hybridized carbons (Fsp3) is 0.444. The molecule has 0 unspecified atom stereocenters. The molecule has 0 fully saturated rings. The molecule has 6 heteroatoms. The van der Waals surface area contributed by atoms with Crippen molar-refractivity contribution in [1.82, 2.24) is 20.0 Å². The second kappa shape index (κ2) is 9.60. The third-order valence-electron chi connectivity index (χ3n) is 3.64. The normalized spacial score (nSPS) is 11.4. The van der Waals surface area contributed by atoms with Gasteiger partial charge in [0.25, 0.3) is 0 Å². The first-order valence-corrected chi connectivity index (χ1v) is 8.32. The molecule has 2 rings (SSSR count). The van der Waals surface area contributed by atoms with Crippen LogP contribution >= 0.6 is 0 Å². The van der Waals surface area contributed by atoms with Gasteiger partial charge >= 0.3 is 0 Å². The van der Waals surface area contributed by atoms with E-state index < -0.39 is 0 Å². The lowest BCUT2D eigenvalue weighted by Gasteiger charge is -2.22. The van der Waals surface area contributed by atoms with Crippen LogP contribution in [-0.4, -0.2) is 47.9 Å². The van der Waals surface area contributed by atoms with Crippen LogP contribution in [0.15, 0.2) is 47.7 Å². The van der Waals surface area contributed by atoms with Crippen molar-refractivity contribution in [1.29, 1.82) is 0 Å². The van der Waals surface area contributed by atoms with Crippen LogP contribution in [0.1, 0.15) is 18.9 Å². The Morgan fingerprint density at radius 3 is 2.75 bits per heavy atom. The van der Waals surface area contributed by atoms with Crippen LogP contribution in [0.4, 0.5) is 0 Å². The van der Waals surface area contributed by atoms with Gasteiger partial charge in [0.1, 0.15) is 5.75 Å². The van der Waals surface area contributed by atoms with Gasteiger partial charge in [0.05, 0.1) is 7.11 Å². The zero-order valence-electron chi connectivity index (χ0n) is 14.8. The molecule has 0 saturated heterocycles. The molecule has 0 aliphatic carbocycles. The molecule has 130 valence electrons. The Kier molecular flexibility index (Phi) is 7.14. The maximum atomic E-state index is 5.20. The summed E-state index contributed by atoms with van der Waals surface area (Å²) in [6, 6.07) is 10.1. The van der Waals surface area contributed by atoms with Gasteiger partial charge < -0.3 is 15.0 Å². The molecule has 24 heavy (non-hydrogen) atoms. The monoisotopic (exact) mass is 329 g/mol. The van der Waals surface area contributed by atoms with Crippen molar-refractivity contribution in [2.45, 2.75) is 26.4 Å². The fourth-order valence-electron chi connectivity index (χ4n) is 2.40. The number of rotatable bonds is 8. The van der Waals surface area contributed by atoms with Gasteiger partial charge in [-0.1, -0.05) is 12.1 Å². The molecule has 0 saturated carbocycles. The summed E-state index contributed by atoms with van der Waals surface area (Å²) in [4.78, 5) is 6.85. The van der Waals surface area contributed by atoms with Crippen molar-refractivity contribution in [2.24, 2.45) is 4.99 Å². The largest absolute Gasteiger partial charge is 0.497 e. The Hall–Kier alpha value is -2.50. The number of nitrogens with one attached hydrogen (secondary N) is 1. The van der Waals surface area contributed by atoms with Gasteiger partial charge in [0.15, 0.2) is 5.96 Å². The van der Waals surface area contributed by atoms with Crippen molar-refractivity contribution >= 4 is 5.96 Å². The quantitative estimate of drug-likeness (QED) is 0.459. The molecule has 0 bridgehead atoms. The number of ether oxygens (including phenoxy) is 1. The van der Waals surface area contributed by atoms with Crippen molar-refractivity contribution in [3.63, 3.8) is 0 Å². The van der Waals surface area contributed by atoms with Crippen LogP contribution in [0.5, 0.6) is 5.75 Å². The second-order valence-electron chi connectivity index (χ2n) is 5.56. The van der Waals surface area contributed by atoms with E-state index in [0.29, 0.717) is 0 Å². The molecule has 6 nitrogen and oxygen atoms in total. The Bertz CT molecular complexity index is 607. The van der Waals surface area contributed by atoms with E-state index in [1.807, 2.05) is 29.1 Å². The van der Waals surface area contributed by atoms with Crippen LogP contribution in [0.2, 0.25) is 0 Å². The molecule has 0 spiro atoms. The molecule has 1 N–H and O–H groups in total. The summed E-state index contributed by atoms with van der Waals surface area (Å²) in [6.45, 7) is 5.40. The van der Waals surface area contributed by atoms with E-state index in [0.717, 1.165) is 44.3 Å². The molecule has 0 aliphatic heterocycles. The summed E-state index contributed by atoms with van der Waals surface area (Å²) >= 11 is 0. The predicted octanol–water partition coefficient (Wildman–Crippen LogP) is 2.38. The standard InChI is InChI=1S/C18H27N5O/c1-4-19-18(20-11-5-13-23-14-6-12-21-23)22(2)15-16-7-9-17(24-3)10-8-16/h6-10,12,14H,4-5,11,13,15H2,1-3H3,(H,19,20). The van der Waals surface area contributed by atoms with Crippen LogP contribution < -0.4 is 10.1 Å². The van der Waals surface area contributed by atoms with Gasteiger partial charge in [0.2, 0.25) is 0 Å². The summed E-state index contributed by atoms with van der Waals surface area (Å²) in [5.74, 6) is 1.80. The first-order chi connectivity index (χ1) is 11.7. The fourth-order valence-corrected chi connectivity index (χ4v) is 2.40. The summed E-state index contributed by atoms with van der Waals surface area (Å²) in [6.07, 6.45) is 4.74. The lowest BCUT2D eigenvalue weighted by atomic mass is 10.2. The first kappa shape index (κ1) is 17.8. The maximum Gasteiger partial charge on any atom is 0.193 e. The van der Waals surface area contributed by atoms with E-state index >= 15 is 0 Å². The van der Waals surface area contributed by atoms with E-state index in [4.69, 9.17) is 9.73 Å². The summed E-state index contributed by atoms with van der Waals surface area (Å²) in [5, 5.41) is 7.55. The molecular formula is C18H27N5O. The lowest BCUT2D eigenvalue weighted by molar-refractivity contribution is 0.414. The molecule has 1 heterocycles.